The smallest absolute Gasteiger partial charge is 0.306 e. The van der Waals surface area contributed by atoms with Gasteiger partial charge in [-0.05, 0) is 83.5 Å². The number of carbonyl (C=O) groups excluding carboxylic acids is 2. The number of carbonyl (C=O) groups is 2. The highest BCUT2D eigenvalue weighted by Gasteiger charge is 2.17. The molecular formula is C53H94O5. The van der Waals surface area contributed by atoms with E-state index in [1.54, 1.807) is 0 Å². The van der Waals surface area contributed by atoms with Crippen LogP contribution in [0.5, 0.6) is 0 Å². The van der Waals surface area contributed by atoms with E-state index >= 15 is 0 Å². The number of esters is 2. The van der Waals surface area contributed by atoms with Crippen molar-refractivity contribution in [3.8, 4) is 0 Å². The van der Waals surface area contributed by atoms with Crippen LogP contribution in [0.4, 0.5) is 0 Å². The van der Waals surface area contributed by atoms with Gasteiger partial charge < -0.3 is 14.2 Å². The van der Waals surface area contributed by atoms with Gasteiger partial charge in [-0.15, -0.1) is 0 Å². The number of rotatable bonds is 45. The Balaban J connectivity index is 4.15. The van der Waals surface area contributed by atoms with Crippen LogP contribution in [-0.4, -0.2) is 37.9 Å². The molecule has 0 saturated carbocycles. The molecule has 0 aromatic carbocycles. The highest BCUT2D eigenvalue weighted by molar-refractivity contribution is 5.70. The summed E-state index contributed by atoms with van der Waals surface area (Å²) in [5, 5.41) is 0. The molecular weight excluding hydrogens is 717 g/mol. The van der Waals surface area contributed by atoms with E-state index in [1.165, 1.54) is 128 Å². The zero-order valence-corrected chi connectivity index (χ0v) is 38.6. The molecule has 0 rings (SSSR count). The summed E-state index contributed by atoms with van der Waals surface area (Å²) in [4.78, 5) is 25.2. The fraction of sp³-hybridized carbons (Fsp3) is 0.774. The van der Waals surface area contributed by atoms with Gasteiger partial charge in [0.25, 0.3) is 0 Å². The van der Waals surface area contributed by atoms with E-state index in [-0.39, 0.29) is 25.2 Å². The predicted octanol–water partition coefficient (Wildman–Crippen LogP) is 16.6. The zero-order valence-electron chi connectivity index (χ0n) is 38.6. The summed E-state index contributed by atoms with van der Waals surface area (Å²) < 4.78 is 17.3. The second-order valence-corrected chi connectivity index (χ2v) is 16.3. The molecule has 0 spiro atoms. The monoisotopic (exact) mass is 811 g/mol. The summed E-state index contributed by atoms with van der Waals surface area (Å²) in [6, 6.07) is 0. The molecule has 0 N–H and O–H groups in total. The molecule has 0 aliphatic heterocycles. The number of ether oxygens (including phenoxy) is 3. The Bertz CT molecular complexity index is 1010. The van der Waals surface area contributed by atoms with Gasteiger partial charge in [0.2, 0.25) is 0 Å². The number of unbranched alkanes of at least 4 members (excludes halogenated alkanes) is 24. The molecule has 1 unspecified atom stereocenters. The van der Waals surface area contributed by atoms with E-state index in [9.17, 15) is 9.59 Å². The summed E-state index contributed by atoms with van der Waals surface area (Å²) in [7, 11) is 0. The van der Waals surface area contributed by atoms with Crippen LogP contribution in [0.1, 0.15) is 239 Å². The van der Waals surface area contributed by atoms with Gasteiger partial charge in [0.15, 0.2) is 6.10 Å². The first-order valence-electron chi connectivity index (χ1n) is 24.8. The fourth-order valence-electron chi connectivity index (χ4n) is 6.85. The molecule has 336 valence electrons. The first kappa shape index (κ1) is 55.6. The van der Waals surface area contributed by atoms with Crippen molar-refractivity contribution in [2.45, 2.75) is 245 Å². The van der Waals surface area contributed by atoms with Gasteiger partial charge in [-0.2, -0.15) is 0 Å². The molecule has 0 heterocycles. The summed E-state index contributed by atoms with van der Waals surface area (Å²) in [5.41, 5.74) is 0. The van der Waals surface area contributed by atoms with Crippen LogP contribution in [0.15, 0.2) is 60.8 Å². The van der Waals surface area contributed by atoms with E-state index in [2.05, 4.69) is 81.5 Å². The van der Waals surface area contributed by atoms with Gasteiger partial charge >= 0.3 is 11.9 Å². The first-order chi connectivity index (χ1) is 28.6. The molecule has 5 nitrogen and oxygen atoms in total. The van der Waals surface area contributed by atoms with E-state index in [0.717, 1.165) is 77.0 Å². The molecule has 0 radical (unpaired) electrons. The van der Waals surface area contributed by atoms with Gasteiger partial charge in [0, 0.05) is 19.4 Å². The Hall–Kier alpha value is -2.40. The zero-order chi connectivity index (χ0) is 42.1. The SMILES string of the molecule is CC/C=C\C/C=C\C/C=C\C/C=C\CCCCC(=O)OCC(COCCCCCCCCCCCC/C=C\CCCCCCCC)OC(=O)CCCCCCCCC. The molecule has 0 amide bonds. The molecule has 5 heteroatoms. The van der Waals surface area contributed by atoms with E-state index in [0.29, 0.717) is 19.4 Å². The van der Waals surface area contributed by atoms with Crippen LogP contribution in [0.25, 0.3) is 0 Å². The van der Waals surface area contributed by atoms with Crippen molar-refractivity contribution in [2.24, 2.45) is 0 Å². The average Bonchev–Trinajstić information content (AvgIpc) is 3.22. The van der Waals surface area contributed by atoms with E-state index in [4.69, 9.17) is 14.2 Å². The molecule has 0 aliphatic rings. The molecule has 0 fully saturated rings. The highest BCUT2D eigenvalue weighted by atomic mass is 16.6. The van der Waals surface area contributed by atoms with Crippen LogP contribution in [0, 0.1) is 0 Å². The molecule has 0 aromatic heterocycles. The topological polar surface area (TPSA) is 61.8 Å². The van der Waals surface area contributed by atoms with Crippen LogP contribution >= 0.6 is 0 Å². The molecule has 0 bridgehead atoms. The van der Waals surface area contributed by atoms with Crippen molar-refractivity contribution in [3.63, 3.8) is 0 Å². The second kappa shape index (κ2) is 49.0. The lowest BCUT2D eigenvalue weighted by Crippen LogP contribution is -2.30. The minimum Gasteiger partial charge on any atom is -0.462 e. The van der Waals surface area contributed by atoms with Crippen LogP contribution in [-0.2, 0) is 23.8 Å². The van der Waals surface area contributed by atoms with Crippen LogP contribution in [0.3, 0.4) is 0 Å². The third kappa shape index (κ3) is 46.3. The van der Waals surface area contributed by atoms with Crippen LogP contribution < -0.4 is 0 Å². The standard InChI is InChI=1S/C53H94O5/c1-4-7-10-13-16-18-20-22-24-25-26-27-28-30-32-34-36-39-42-45-48-56-49-51(58-53(55)47-44-41-37-15-12-9-6-3)50-57-52(54)46-43-40-38-35-33-31-29-23-21-19-17-14-11-8-5-2/h8,11,17,19,22-24,29,33,35,51H,4-7,9-10,12-16,18,20-21,25-28,30-32,34,36-50H2,1-3H3/b11-8-,19-17-,24-22-,29-23-,35-33-. The highest BCUT2D eigenvalue weighted by Crippen LogP contribution is 2.14. The summed E-state index contributed by atoms with van der Waals surface area (Å²) >= 11 is 0. The van der Waals surface area contributed by atoms with Crippen LogP contribution in [0.2, 0.25) is 0 Å². The maximum Gasteiger partial charge on any atom is 0.306 e. The quantitative estimate of drug-likeness (QED) is 0.0348. The Morgan fingerprint density at radius 2 is 0.776 bits per heavy atom. The Labute approximate surface area is 360 Å². The normalized spacial score (nSPS) is 12.7. The lowest BCUT2D eigenvalue weighted by atomic mass is 10.1. The molecule has 0 aliphatic carbocycles. The Kier molecular flexibility index (Phi) is 46.9. The average molecular weight is 811 g/mol. The maximum atomic E-state index is 12.6. The largest absolute Gasteiger partial charge is 0.462 e. The predicted molar refractivity (Wildman–Crippen MR) is 251 cm³/mol. The number of hydrogen-bond acceptors (Lipinski definition) is 5. The van der Waals surface area contributed by atoms with Gasteiger partial charge in [0.1, 0.15) is 6.61 Å². The Morgan fingerprint density at radius 1 is 0.397 bits per heavy atom. The molecule has 0 aromatic rings. The summed E-state index contributed by atoms with van der Waals surface area (Å²) in [6.07, 6.45) is 61.0. The summed E-state index contributed by atoms with van der Waals surface area (Å²) in [5.74, 6) is -0.448. The molecule has 1 atom stereocenters. The maximum absolute atomic E-state index is 12.6. The van der Waals surface area contributed by atoms with Crippen molar-refractivity contribution in [1.29, 1.82) is 0 Å². The van der Waals surface area contributed by atoms with Crippen molar-refractivity contribution >= 4 is 11.9 Å². The van der Waals surface area contributed by atoms with Crippen molar-refractivity contribution < 1.29 is 23.8 Å². The van der Waals surface area contributed by atoms with Crippen molar-refractivity contribution in [3.05, 3.63) is 60.8 Å². The van der Waals surface area contributed by atoms with Gasteiger partial charge in [-0.1, -0.05) is 204 Å². The second-order valence-electron chi connectivity index (χ2n) is 16.3. The third-order valence-electron chi connectivity index (χ3n) is 10.5. The number of hydrogen-bond donors (Lipinski definition) is 0. The minimum atomic E-state index is -0.550. The lowest BCUT2D eigenvalue weighted by Gasteiger charge is -2.18. The third-order valence-corrected chi connectivity index (χ3v) is 10.5. The fourth-order valence-corrected chi connectivity index (χ4v) is 6.85. The molecule has 58 heavy (non-hydrogen) atoms. The van der Waals surface area contributed by atoms with Gasteiger partial charge in [-0.25, -0.2) is 0 Å². The van der Waals surface area contributed by atoms with Gasteiger partial charge in [0.05, 0.1) is 6.61 Å². The Morgan fingerprint density at radius 3 is 1.29 bits per heavy atom. The van der Waals surface area contributed by atoms with E-state index in [1.807, 2.05) is 0 Å². The first-order valence-corrected chi connectivity index (χ1v) is 24.8. The lowest BCUT2D eigenvalue weighted by molar-refractivity contribution is -0.163. The summed E-state index contributed by atoms with van der Waals surface area (Å²) in [6.45, 7) is 7.64. The molecule has 0 saturated heterocycles. The van der Waals surface area contributed by atoms with E-state index < -0.39 is 6.10 Å². The van der Waals surface area contributed by atoms with Crippen molar-refractivity contribution in [1.82, 2.24) is 0 Å². The van der Waals surface area contributed by atoms with Crippen molar-refractivity contribution in [2.75, 3.05) is 19.8 Å². The number of allylic oxidation sites excluding steroid dienone is 10. The van der Waals surface area contributed by atoms with Gasteiger partial charge in [-0.3, -0.25) is 9.59 Å². The minimum absolute atomic E-state index is 0.0639.